The fraction of sp³-hybridized carbons (Fsp3) is 0.200. The summed E-state index contributed by atoms with van der Waals surface area (Å²) in [5.74, 6) is 0. The molecule has 0 fully saturated rings. The lowest BCUT2D eigenvalue weighted by Crippen LogP contribution is -2.32. The fourth-order valence-corrected chi connectivity index (χ4v) is 3.25. The Labute approximate surface area is 166 Å². The number of aryl methyl sites for hydroxylation is 1. The van der Waals surface area contributed by atoms with E-state index in [1.54, 1.807) is 23.8 Å². The van der Waals surface area contributed by atoms with Crippen molar-refractivity contribution in [2.75, 3.05) is 0 Å². The van der Waals surface area contributed by atoms with Crippen LogP contribution in [-0.4, -0.2) is 14.5 Å². The number of ether oxygens (including phenoxy) is 1. The first kappa shape index (κ1) is 22.3. The van der Waals surface area contributed by atoms with Crippen LogP contribution in [0.4, 0.5) is 18.0 Å². The molecule has 0 aliphatic carbocycles. The number of carbonyl (C=O) groups excluding carboxylic acids is 1. The van der Waals surface area contributed by atoms with Gasteiger partial charge < -0.3 is 4.74 Å². The van der Waals surface area contributed by atoms with Crippen molar-refractivity contribution in [3.8, 4) is 0 Å². The van der Waals surface area contributed by atoms with Gasteiger partial charge in [-0.3, -0.25) is 0 Å². The van der Waals surface area contributed by atoms with Gasteiger partial charge in [-0.25, -0.2) is 17.9 Å². The lowest BCUT2D eigenvalue weighted by molar-refractivity contribution is -0.137. The molecule has 29 heavy (non-hydrogen) atoms. The van der Waals surface area contributed by atoms with Crippen LogP contribution >= 0.6 is 0 Å². The number of benzene rings is 2. The van der Waals surface area contributed by atoms with Crippen molar-refractivity contribution in [3.05, 3.63) is 83.6 Å². The molecule has 9 heteroatoms. The molecule has 1 amide bonds. The summed E-state index contributed by atoms with van der Waals surface area (Å²) in [6.45, 7) is 5.15. The average Bonchev–Trinajstić information content (AvgIpc) is 2.64. The summed E-state index contributed by atoms with van der Waals surface area (Å²) in [5, 5.41) is 0. The Morgan fingerprint density at radius 3 is 2.28 bits per heavy atom. The first-order valence-electron chi connectivity index (χ1n) is 8.34. The van der Waals surface area contributed by atoms with Gasteiger partial charge in [0.1, 0.15) is 6.10 Å². The van der Waals surface area contributed by atoms with Crippen LogP contribution in [0.1, 0.15) is 29.2 Å². The molecule has 1 unspecified atom stereocenters. The zero-order valence-corrected chi connectivity index (χ0v) is 16.2. The smallest absolute Gasteiger partial charge is 0.421 e. The fourth-order valence-electron chi connectivity index (χ4n) is 2.37. The van der Waals surface area contributed by atoms with Gasteiger partial charge in [0.25, 0.3) is 10.0 Å². The molecule has 154 valence electrons. The van der Waals surface area contributed by atoms with E-state index in [9.17, 15) is 26.4 Å². The summed E-state index contributed by atoms with van der Waals surface area (Å²) in [6.07, 6.45) is -5.32. The van der Waals surface area contributed by atoms with Crippen LogP contribution in [0.5, 0.6) is 0 Å². The minimum absolute atomic E-state index is 0.0485. The van der Waals surface area contributed by atoms with Gasteiger partial charge in [0, 0.05) is 6.42 Å². The van der Waals surface area contributed by atoms with Gasteiger partial charge in [0.2, 0.25) is 0 Å². The Morgan fingerprint density at radius 2 is 1.76 bits per heavy atom. The highest BCUT2D eigenvalue weighted by molar-refractivity contribution is 7.90. The minimum atomic E-state index is -4.50. The molecular weight excluding hydrogens is 407 g/mol. The second-order valence-electron chi connectivity index (χ2n) is 6.08. The topological polar surface area (TPSA) is 72.5 Å². The molecule has 2 aromatic carbocycles. The number of alkyl halides is 3. The summed E-state index contributed by atoms with van der Waals surface area (Å²) >= 11 is 0. The maximum atomic E-state index is 12.7. The second-order valence-corrected chi connectivity index (χ2v) is 7.76. The van der Waals surface area contributed by atoms with Crippen LogP contribution < -0.4 is 4.72 Å². The Bertz CT molecular complexity index is 1010. The van der Waals surface area contributed by atoms with Gasteiger partial charge in [-0.15, -0.1) is 5.73 Å². The summed E-state index contributed by atoms with van der Waals surface area (Å²) in [7, 11) is -4.16. The number of hydrogen-bond acceptors (Lipinski definition) is 4. The lowest BCUT2D eigenvalue weighted by atomic mass is 10.0. The zero-order valence-electron chi connectivity index (χ0n) is 15.4. The van der Waals surface area contributed by atoms with Crippen molar-refractivity contribution in [2.24, 2.45) is 0 Å². The first-order valence-corrected chi connectivity index (χ1v) is 9.83. The Balaban J connectivity index is 2.18. The number of sulfonamides is 1. The maximum absolute atomic E-state index is 12.7. The first-order chi connectivity index (χ1) is 13.5. The molecule has 1 N–H and O–H groups in total. The Morgan fingerprint density at radius 1 is 1.17 bits per heavy atom. The van der Waals surface area contributed by atoms with Crippen molar-refractivity contribution in [1.82, 2.24) is 4.72 Å². The van der Waals surface area contributed by atoms with E-state index in [0.29, 0.717) is 0 Å². The van der Waals surface area contributed by atoms with E-state index >= 15 is 0 Å². The highest BCUT2D eigenvalue weighted by Gasteiger charge is 2.30. The molecule has 0 saturated heterocycles. The monoisotopic (exact) mass is 425 g/mol. The molecule has 0 heterocycles. The van der Waals surface area contributed by atoms with Gasteiger partial charge in [0.05, 0.1) is 10.5 Å². The molecule has 2 rings (SSSR count). The zero-order chi connectivity index (χ0) is 21.7. The van der Waals surface area contributed by atoms with Crippen molar-refractivity contribution >= 4 is 16.1 Å². The number of rotatable bonds is 6. The number of halogens is 3. The number of nitrogens with one attached hydrogen (secondary N) is 1. The van der Waals surface area contributed by atoms with Crippen LogP contribution in [0.15, 0.2) is 71.8 Å². The average molecular weight is 425 g/mol. The molecule has 0 spiro atoms. The third-order valence-electron chi connectivity index (χ3n) is 3.88. The van der Waals surface area contributed by atoms with Crippen molar-refractivity contribution in [2.45, 2.75) is 30.5 Å². The summed E-state index contributed by atoms with van der Waals surface area (Å²) < 4.78 is 69.6. The van der Waals surface area contributed by atoms with E-state index in [1.165, 1.54) is 18.2 Å². The molecule has 0 radical (unpaired) electrons. The molecule has 0 saturated carbocycles. The number of carbonyl (C=O) groups is 1. The van der Waals surface area contributed by atoms with E-state index in [4.69, 9.17) is 4.74 Å². The Hall–Kier alpha value is -3.03. The van der Waals surface area contributed by atoms with Gasteiger partial charge in [-0.2, -0.15) is 13.2 Å². The molecule has 0 aliphatic heterocycles. The van der Waals surface area contributed by atoms with Crippen LogP contribution in [0.2, 0.25) is 0 Å². The van der Waals surface area contributed by atoms with Gasteiger partial charge in [-0.05, 0) is 42.8 Å². The molecule has 5 nitrogen and oxygen atoms in total. The van der Waals surface area contributed by atoms with Gasteiger partial charge in [-0.1, -0.05) is 36.4 Å². The summed E-state index contributed by atoms with van der Waals surface area (Å²) in [4.78, 5) is 12.0. The molecule has 0 bridgehead atoms. The lowest BCUT2D eigenvalue weighted by Gasteiger charge is -2.18. The van der Waals surface area contributed by atoms with Crippen molar-refractivity contribution in [1.29, 1.82) is 0 Å². The molecule has 0 aromatic heterocycles. The van der Waals surface area contributed by atoms with Crippen LogP contribution in [0.25, 0.3) is 0 Å². The van der Waals surface area contributed by atoms with Crippen molar-refractivity contribution < 1.29 is 31.1 Å². The molecule has 0 aliphatic rings. The van der Waals surface area contributed by atoms with E-state index in [1.807, 2.05) is 0 Å². The SMILES string of the molecule is C=C=CCC(OC(=O)NS(=O)(=O)c1ccc(C)cc1)c1ccc(C(F)(F)F)cc1. The van der Waals surface area contributed by atoms with E-state index in [-0.39, 0.29) is 16.9 Å². The summed E-state index contributed by atoms with van der Waals surface area (Å²) in [6, 6.07) is 9.82. The van der Waals surface area contributed by atoms with E-state index in [2.05, 4.69) is 12.3 Å². The third kappa shape index (κ3) is 6.23. The summed E-state index contributed by atoms with van der Waals surface area (Å²) in [5.41, 5.74) is 2.71. The van der Waals surface area contributed by atoms with Gasteiger partial charge in [0.15, 0.2) is 0 Å². The van der Waals surface area contributed by atoms with Crippen LogP contribution in [-0.2, 0) is 20.9 Å². The standard InChI is InChI=1S/C20H18F3NO4S/c1-3-4-5-18(15-8-10-16(11-9-15)20(21,22)23)28-19(25)24-29(26,27)17-12-6-14(2)7-13-17/h4,6-13,18H,1,5H2,2H3,(H,24,25). The van der Waals surface area contributed by atoms with Crippen LogP contribution in [0.3, 0.4) is 0 Å². The van der Waals surface area contributed by atoms with E-state index < -0.39 is 34.0 Å². The number of amides is 1. The van der Waals surface area contributed by atoms with Crippen molar-refractivity contribution in [3.63, 3.8) is 0 Å². The largest absolute Gasteiger partial charge is 0.440 e. The van der Waals surface area contributed by atoms with Gasteiger partial charge >= 0.3 is 12.3 Å². The third-order valence-corrected chi connectivity index (χ3v) is 5.21. The highest BCUT2D eigenvalue weighted by atomic mass is 32.2. The highest BCUT2D eigenvalue weighted by Crippen LogP contribution is 2.31. The maximum Gasteiger partial charge on any atom is 0.421 e. The second kappa shape index (κ2) is 8.98. The molecule has 1 atom stereocenters. The minimum Gasteiger partial charge on any atom is -0.440 e. The predicted molar refractivity (Wildman–Crippen MR) is 100 cm³/mol. The molecule has 2 aromatic rings. The Kier molecular flexibility index (Phi) is 6.89. The van der Waals surface area contributed by atoms with E-state index in [0.717, 1.165) is 29.8 Å². The van der Waals surface area contributed by atoms with Crippen LogP contribution in [0, 0.1) is 6.92 Å². The predicted octanol–water partition coefficient (Wildman–Crippen LogP) is 4.90. The molecular formula is C20H18F3NO4S. The quantitative estimate of drug-likeness (QED) is 0.668. The normalized spacial score (nSPS) is 12.6. The number of hydrogen-bond donors (Lipinski definition) is 1.